The molecule has 0 saturated heterocycles. The van der Waals surface area contributed by atoms with Crippen LogP contribution in [0.5, 0.6) is 0 Å². The molecule has 0 saturated carbocycles. The van der Waals surface area contributed by atoms with Gasteiger partial charge in [0.1, 0.15) is 11.4 Å². The molecule has 17 heavy (non-hydrogen) atoms. The summed E-state index contributed by atoms with van der Waals surface area (Å²) < 4.78 is 0. The Morgan fingerprint density at radius 2 is 2.06 bits per heavy atom. The minimum atomic E-state index is -0.990. The average molecular weight is 234 g/mol. The van der Waals surface area contributed by atoms with Crippen molar-refractivity contribution in [2.75, 3.05) is 5.32 Å². The molecule has 0 bridgehead atoms. The molecule has 0 atom stereocenters. The molecule has 1 aliphatic rings. The van der Waals surface area contributed by atoms with Crippen LogP contribution >= 0.6 is 0 Å². The summed E-state index contributed by atoms with van der Waals surface area (Å²) >= 11 is 0. The third kappa shape index (κ3) is 2.57. The van der Waals surface area contributed by atoms with Gasteiger partial charge in [0, 0.05) is 5.69 Å². The number of aromatic nitrogens is 1. The second-order valence-electron chi connectivity index (χ2n) is 5.06. The Bertz CT molecular complexity index is 441. The molecule has 0 fully saturated rings. The molecule has 1 aliphatic carbocycles. The van der Waals surface area contributed by atoms with E-state index < -0.39 is 11.5 Å². The molecule has 2 N–H and O–H groups in total. The van der Waals surface area contributed by atoms with Gasteiger partial charge in [-0.05, 0) is 51.2 Å². The Morgan fingerprint density at radius 1 is 1.35 bits per heavy atom. The van der Waals surface area contributed by atoms with Gasteiger partial charge in [0.2, 0.25) is 0 Å². The quantitative estimate of drug-likeness (QED) is 0.842. The normalized spacial score (nSPS) is 15.2. The summed E-state index contributed by atoms with van der Waals surface area (Å²) in [6.07, 6.45) is 4.48. The van der Waals surface area contributed by atoms with E-state index in [4.69, 9.17) is 5.11 Å². The van der Waals surface area contributed by atoms with E-state index >= 15 is 0 Å². The highest BCUT2D eigenvalue weighted by Gasteiger charge is 2.27. The summed E-state index contributed by atoms with van der Waals surface area (Å²) in [4.78, 5) is 15.5. The Hall–Kier alpha value is -1.58. The third-order valence-corrected chi connectivity index (χ3v) is 3.15. The van der Waals surface area contributed by atoms with Crippen molar-refractivity contribution in [3.05, 3.63) is 23.4 Å². The van der Waals surface area contributed by atoms with Crippen molar-refractivity contribution in [2.24, 2.45) is 0 Å². The lowest BCUT2D eigenvalue weighted by atomic mass is 9.96. The van der Waals surface area contributed by atoms with Crippen LogP contribution in [0.25, 0.3) is 0 Å². The van der Waals surface area contributed by atoms with Gasteiger partial charge in [0.15, 0.2) is 0 Å². The van der Waals surface area contributed by atoms with Gasteiger partial charge < -0.3 is 10.4 Å². The van der Waals surface area contributed by atoms with E-state index in [2.05, 4.69) is 16.4 Å². The summed E-state index contributed by atoms with van der Waals surface area (Å²) in [6, 6.07) is 3.93. The van der Waals surface area contributed by atoms with Gasteiger partial charge in [-0.2, -0.15) is 0 Å². The number of fused-ring (bicyclic) bond motifs is 1. The van der Waals surface area contributed by atoms with Crippen molar-refractivity contribution in [1.29, 1.82) is 0 Å². The lowest BCUT2D eigenvalue weighted by molar-refractivity contribution is -0.141. The van der Waals surface area contributed by atoms with Crippen LogP contribution in [-0.4, -0.2) is 21.6 Å². The Kier molecular flexibility index (Phi) is 3.05. The van der Waals surface area contributed by atoms with Crippen molar-refractivity contribution in [1.82, 2.24) is 4.98 Å². The van der Waals surface area contributed by atoms with Crippen molar-refractivity contribution in [3.8, 4) is 0 Å². The molecule has 0 unspecified atom stereocenters. The number of carboxylic acids is 1. The maximum Gasteiger partial charge on any atom is 0.328 e. The molecule has 1 aromatic heterocycles. The number of pyridine rings is 1. The summed E-state index contributed by atoms with van der Waals surface area (Å²) in [5.74, 6) is -0.227. The van der Waals surface area contributed by atoms with E-state index in [0.717, 1.165) is 18.5 Å². The highest BCUT2D eigenvalue weighted by Crippen LogP contribution is 2.22. The maximum atomic E-state index is 11.0. The first-order valence-corrected chi connectivity index (χ1v) is 5.99. The number of nitrogens with one attached hydrogen (secondary N) is 1. The lowest BCUT2D eigenvalue weighted by Gasteiger charge is -2.23. The highest BCUT2D eigenvalue weighted by atomic mass is 16.4. The second kappa shape index (κ2) is 4.35. The molecule has 0 amide bonds. The van der Waals surface area contributed by atoms with Crippen LogP contribution in [0.3, 0.4) is 0 Å². The molecule has 1 heterocycles. The maximum absolute atomic E-state index is 11.0. The minimum absolute atomic E-state index is 0.651. The summed E-state index contributed by atoms with van der Waals surface area (Å²) in [5, 5.41) is 12.0. The molecule has 1 aromatic rings. The summed E-state index contributed by atoms with van der Waals surface area (Å²) in [7, 11) is 0. The molecule has 2 rings (SSSR count). The van der Waals surface area contributed by atoms with Gasteiger partial charge in [-0.1, -0.05) is 6.07 Å². The number of nitrogens with zero attached hydrogens (tertiary/aromatic N) is 1. The van der Waals surface area contributed by atoms with Crippen LogP contribution in [0.2, 0.25) is 0 Å². The Balaban J connectivity index is 2.20. The number of hydrogen-bond acceptors (Lipinski definition) is 3. The zero-order valence-corrected chi connectivity index (χ0v) is 10.3. The molecule has 0 aromatic carbocycles. The largest absolute Gasteiger partial charge is 0.480 e. The fourth-order valence-corrected chi connectivity index (χ4v) is 2.03. The van der Waals surface area contributed by atoms with Crippen LogP contribution in [0, 0.1) is 0 Å². The SMILES string of the molecule is CC(C)(Nc1ccc2c(n1)CCCC2)C(=O)O. The summed E-state index contributed by atoms with van der Waals surface area (Å²) in [5.41, 5.74) is 1.42. The molecule has 0 aliphatic heterocycles. The van der Waals surface area contributed by atoms with Gasteiger partial charge in [-0.3, -0.25) is 0 Å². The fourth-order valence-electron chi connectivity index (χ4n) is 2.03. The average Bonchev–Trinajstić information content (AvgIpc) is 2.28. The smallest absolute Gasteiger partial charge is 0.328 e. The van der Waals surface area contributed by atoms with Crippen molar-refractivity contribution in [3.63, 3.8) is 0 Å². The van der Waals surface area contributed by atoms with Crippen LogP contribution in [0.4, 0.5) is 5.82 Å². The molecule has 92 valence electrons. The first-order valence-electron chi connectivity index (χ1n) is 5.99. The van der Waals surface area contributed by atoms with Gasteiger partial charge in [-0.15, -0.1) is 0 Å². The molecule has 4 heteroatoms. The van der Waals surface area contributed by atoms with Crippen molar-refractivity contribution >= 4 is 11.8 Å². The van der Waals surface area contributed by atoms with Crippen LogP contribution in [0.15, 0.2) is 12.1 Å². The molecule has 0 radical (unpaired) electrons. The van der Waals surface area contributed by atoms with Crippen LogP contribution < -0.4 is 5.32 Å². The number of aliphatic carboxylic acids is 1. The van der Waals surface area contributed by atoms with E-state index in [9.17, 15) is 4.79 Å². The minimum Gasteiger partial charge on any atom is -0.480 e. The molecule has 0 spiro atoms. The highest BCUT2D eigenvalue weighted by molar-refractivity contribution is 5.81. The number of anilines is 1. The van der Waals surface area contributed by atoms with Crippen LogP contribution in [0.1, 0.15) is 37.9 Å². The first kappa shape index (κ1) is 11.9. The van der Waals surface area contributed by atoms with E-state index in [1.807, 2.05) is 6.07 Å². The van der Waals surface area contributed by atoms with Gasteiger partial charge in [0.05, 0.1) is 0 Å². The predicted octanol–water partition coefficient (Wildman–Crippen LogP) is 2.24. The topological polar surface area (TPSA) is 62.2 Å². The zero-order chi connectivity index (χ0) is 12.5. The molecule has 4 nitrogen and oxygen atoms in total. The van der Waals surface area contributed by atoms with Crippen LogP contribution in [-0.2, 0) is 17.6 Å². The molecular weight excluding hydrogens is 216 g/mol. The van der Waals surface area contributed by atoms with Crippen molar-refractivity contribution < 1.29 is 9.90 Å². The summed E-state index contributed by atoms with van der Waals surface area (Å²) in [6.45, 7) is 3.27. The number of aryl methyl sites for hydroxylation is 2. The lowest BCUT2D eigenvalue weighted by Crippen LogP contribution is -2.40. The van der Waals surface area contributed by atoms with E-state index in [0.29, 0.717) is 5.82 Å². The van der Waals surface area contributed by atoms with Crippen molar-refractivity contribution in [2.45, 2.75) is 45.1 Å². The monoisotopic (exact) mass is 234 g/mol. The standard InChI is InChI=1S/C13H18N2O2/c1-13(2,12(16)17)15-11-8-7-9-5-3-4-6-10(9)14-11/h7-8H,3-6H2,1-2H3,(H,14,15)(H,16,17). The first-order chi connectivity index (χ1) is 7.99. The number of carboxylic acid groups (broad SMARTS) is 1. The van der Waals surface area contributed by atoms with Gasteiger partial charge in [-0.25, -0.2) is 9.78 Å². The van der Waals surface area contributed by atoms with E-state index in [-0.39, 0.29) is 0 Å². The Labute approximate surface area is 101 Å². The Morgan fingerprint density at radius 3 is 2.76 bits per heavy atom. The fraction of sp³-hybridized carbons (Fsp3) is 0.538. The van der Waals surface area contributed by atoms with Gasteiger partial charge >= 0.3 is 5.97 Å². The van der Waals surface area contributed by atoms with E-state index in [1.54, 1.807) is 13.8 Å². The predicted molar refractivity (Wildman–Crippen MR) is 66.2 cm³/mol. The number of carbonyl (C=O) groups is 1. The molecular formula is C13H18N2O2. The van der Waals surface area contributed by atoms with E-state index in [1.165, 1.54) is 18.4 Å². The zero-order valence-electron chi connectivity index (χ0n) is 10.3. The van der Waals surface area contributed by atoms with Gasteiger partial charge in [0.25, 0.3) is 0 Å². The number of hydrogen-bond donors (Lipinski definition) is 2. The number of rotatable bonds is 3. The second-order valence-corrected chi connectivity index (χ2v) is 5.06. The third-order valence-electron chi connectivity index (χ3n) is 3.15.